The average molecular weight is 238 g/mol. The summed E-state index contributed by atoms with van der Waals surface area (Å²) in [4.78, 5) is 15.1. The molecule has 2 rings (SSSR count). The number of fused-ring (bicyclic) bond motifs is 1. The second-order valence-electron chi connectivity index (χ2n) is 3.88. The number of carboxylic acids is 1. The molecule has 1 aromatic carbocycles. The summed E-state index contributed by atoms with van der Waals surface area (Å²) < 4.78 is 0. The maximum atomic E-state index is 10.7. The Hall–Kier alpha value is -2.67. The smallest absolute Gasteiger partial charge is 0.346 e. The molecule has 0 saturated carbocycles. The number of aliphatic carboxylic acids is 1. The molecule has 18 heavy (non-hydrogen) atoms. The molecule has 0 amide bonds. The first-order chi connectivity index (χ1) is 8.60. The van der Waals surface area contributed by atoms with Crippen LogP contribution in [0.3, 0.4) is 0 Å². The van der Waals surface area contributed by atoms with Gasteiger partial charge in [-0.3, -0.25) is 4.98 Å². The van der Waals surface area contributed by atoms with E-state index in [9.17, 15) is 4.79 Å². The molecule has 0 aliphatic heterocycles. The summed E-state index contributed by atoms with van der Waals surface area (Å²) in [6.07, 6.45) is 1.35. The average Bonchev–Trinajstić information content (AvgIpc) is 2.35. The van der Waals surface area contributed by atoms with E-state index in [0.717, 1.165) is 16.6 Å². The first-order valence-electron chi connectivity index (χ1n) is 5.32. The normalized spacial score (nSPS) is 11.2. The zero-order valence-electron chi connectivity index (χ0n) is 9.71. The van der Waals surface area contributed by atoms with Gasteiger partial charge < -0.3 is 5.11 Å². The van der Waals surface area contributed by atoms with Crippen molar-refractivity contribution in [3.63, 3.8) is 0 Å². The molecule has 0 aliphatic carbocycles. The van der Waals surface area contributed by atoms with E-state index in [1.165, 1.54) is 6.08 Å². The van der Waals surface area contributed by atoms with Gasteiger partial charge in [-0.1, -0.05) is 12.1 Å². The molecule has 4 nitrogen and oxygen atoms in total. The van der Waals surface area contributed by atoms with Crippen LogP contribution in [0, 0.1) is 18.3 Å². The minimum absolute atomic E-state index is 0.283. The molecule has 0 unspecified atom stereocenters. The number of pyridine rings is 1. The van der Waals surface area contributed by atoms with Crippen molar-refractivity contribution in [3.05, 3.63) is 47.2 Å². The molecule has 1 aromatic heterocycles. The van der Waals surface area contributed by atoms with Crippen molar-refractivity contribution < 1.29 is 9.90 Å². The lowest BCUT2D eigenvalue weighted by Gasteiger charge is -2.00. The summed E-state index contributed by atoms with van der Waals surface area (Å²) in [7, 11) is 0. The highest BCUT2D eigenvalue weighted by atomic mass is 16.4. The van der Waals surface area contributed by atoms with Crippen LogP contribution in [0.25, 0.3) is 17.0 Å². The second kappa shape index (κ2) is 4.68. The van der Waals surface area contributed by atoms with E-state index in [1.54, 1.807) is 12.1 Å². The fourth-order valence-corrected chi connectivity index (χ4v) is 1.64. The molecule has 0 fully saturated rings. The number of aryl methyl sites for hydroxylation is 1. The first-order valence-corrected chi connectivity index (χ1v) is 5.32. The molecular weight excluding hydrogens is 228 g/mol. The number of benzene rings is 1. The molecule has 0 spiro atoms. The van der Waals surface area contributed by atoms with Crippen LogP contribution in [0.2, 0.25) is 0 Å². The topological polar surface area (TPSA) is 74.0 Å². The van der Waals surface area contributed by atoms with Crippen LogP contribution in [0.5, 0.6) is 0 Å². The van der Waals surface area contributed by atoms with Crippen LogP contribution < -0.4 is 0 Å². The summed E-state index contributed by atoms with van der Waals surface area (Å²) in [5.41, 5.74) is 2.16. The first kappa shape index (κ1) is 11.8. The van der Waals surface area contributed by atoms with E-state index in [0.29, 0.717) is 5.56 Å². The predicted octanol–water partition coefficient (Wildman–Crippen LogP) is 2.53. The fourth-order valence-electron chi connectivity index (χ4n) is 1.64. The number of nitriles is 1. The third kappa shape index (κ3) is 2.36. The Bertz CT molecular complexity index is 696. The molecule has 0 radical (unpaired) electrons. The Labute approximate surface area is 104 Å². The number of hydrogen-bond donors (Lipinski definition) is 1. The molecular formula is C14H10N2O2. The van der Waals surface area contributed by atoms with Crippen LogP contribution in [0.4, 0.5) is 0 Å². The Kier molecular flexibility index (Phi) is 3.07. The molecule has 1 heterocycles. The highest BCUT2D eigenvalue weighted by molar-refractivity contribution is 5.97. The third-order valence-electron chi connectivity index (χ3n) is 2.51. The van der Waals surface area contributed by atoms with E-state index >= 15 is 0 Å². The lowest BCUT2D eigenvalue weighted by molar-refractivity contribution is -0.132. The molecule has 2 aromatic rings. The zero-order valence-corrected chi connectivity index (χ0v) is 9.71. The monoisotopic (exact) mass is 238 g/mol. The Balaban J connectivity index is 2.52. The predicted molar refractivity (Wildman–Crippen MR) is 67.7 cm³/mol. The molecule has 4 heteroatoms. The highest BCUT2D eigenvalue weighted by Gasteiger charge is 2.05. The largest absolute Gasteiger partial charge is 0.477 e. The van der Waals surface area contributed by atoms with Gasteiger partial charge in [-0.15, -0.1) is 0 Å². The van der Waals surface area contributed by atoms with Gasteiger partial charge in [-0.2, -0.15) is 5.26 Å². The molecule has 0 saturated heterocycles. The fraction of sp³-hybridized carbons (Fsp3) is 0.0714. The Morgan fingerprint density at radius 1 is 1.39 bits per heavy atom. The summed E-state index contributed by atoms with van der Waals surface area (Å²) in [5, 5.41) is 18.4. The van der Waals surface area contributed by atoms with Crippen LogP contribution in [-0.2, 0) is 4.79 Å². The summed E-state index contributed by atoms with van der Waals surface area (Å²) in [5.74, 6) is -1.22. The van der Waals surface area contributed by atoms with Crippen LogP contribution >= 0.6 is 0 Å². The van der Waals surface area contributed by atoms with Gasteiger partial charge >= 0.3 is 5.97 Å². The van der Waals surface area contributed by atoms with Gasteiger partial charge in [0.15, 0.2) is 0 Å². The van der Waals surface area contributed by atoms with E-state index in [1.807, 2.05) is 31.2 Å². The van der Waals surface area contributed by atoms with Crippen molar-refractivity contribution in [2.24, 2.45) is 0 Å². The summed E-state index contributed by atoms with van der Waals surface area (Å²) in [6, 6.07) is 10.8. The van der Waals surface area contributed by atoms with Gasteiger partial charge in [-0.05, 0) is 36.8 Å². The SMILES string of the molecule is Cc1ccc2cc(/C=C(/C#N)C(=O)O)ccc2n1. The van der Waals surface area contributed by atoms with Crippen LogP contribution in [-0.4, -0.2) is 16.1 Å². The third-order valence-corrected chi connectivity index (χ3v) is 2.51. The zero-order chi connectivity index (χ0) is 13.1. The van der Waals surface area contributed by atoms with Gasteiger partial charge in [0, 0.05) is 11.1 Å². The van der Waals surface area contributed by atoms with Gasteiger partial charge in [0.2, 0.25) is 0 Å². The number of aromatic nitrogens is 1. The number of carboxylic acid groups (broad SMARTS) is 1. The number of rotatable bonds is 2. The van der Waals surface area contributed by atoms with Crippen molar-refractivity contribution in [2.75, 3.05) is 0 Å². The molecule has 0 bridgehead atoms. The summed E-state index contributed by atoms with van der Waals surface area (Å²) >= 11 is 0. The van der Waals surface area contributed by atoms with Gasteiger partial charge in [0.05, 0.1) is 5.52 Å². The maximum Gasteiger partial charge on any atom is 0.346 e. The van der Waals surface area contributed by atoms with Crippen LogP contribution in [0.1, 0.15) is 11.3 Å². The molecule has 1 N–H and O–H groups in total. The molecule has 0 atom stereocenters. The highest BCUT2D eigenvalue weighted by Crippen LogP contribution is 2.16. The number of carbonyl (C=O) groups is 1. The number of nitrogens with zero attached hydrogens (tertiary/aromatic N) is 2. The quantitative estimate of drug-likeness (QED) is 0.644. The van der Waals surface area contributed by atoms with Gasteiger partial charge in [0.25, 0.3) is 0 Å². The van der Waals surface area contributed by atoms with Gasteiger partial charge in [0.1, 0.15) is 11.6 Å². The minimum Gasteiger partial charge on any atom is -0.477 e. The van der Waals surface area contributed by atoms with E-state index in [2.05, 4.69) is 4.98 Å². The van der Waals surface area contributed by atoms with E-state index in [4.69, 9.17) is 10.4 Å². The second-order valence-corrected chi connectivity index (χ2v) is 3.88. The lowest BCUT2D eigenvalue weighted by Crippen LogP contribution is -1.97. The van der Waals surface area contributed by atoms with Crippen LogP contribution in [0.15, 0.2) is 35.9 Å². The maximum absolute atomic E-state index is 10.7. The van der Waals surface area contributed by atoms with Crippen molar-refractivity contribution in [1.29, 1.82) is 5.26 Å². The molecule has 0 aliphatic rings. The molecule has 88 valence electrons. The van der Waals surface area contributed by atoms with E-state index < -0.39 is 5.97 Å². The lowest BCUT2D eigenvalue weighted by atomic mass is 10.1. The van der Waals surface area contributed by atoms with Crippen molar-refractivity contribution in [2.45, 2.75) is 6.92 Å². The van der Waals surface area contributed by atoms with Crippen molar-refractivity contribution in [1.82, 2.24) is 4.98 Å². The summed E-state index contributed by atoms with van der Waals surface area (Å²) in [6.45, 7) is 1.91. The van der Waals surface area contributed by atoms with Gasteiger partial charge in [-0.25, -0.2) is 4.79 Å². The van der Waals surface area contributed by atoms with Crippen molar-refractivity contribution in [3.8, 4) is 6.07 Å². The number of hydrogen-bond acceptors (Lipinski definition) is 3. The minimum atomic E-state index is -1.22. The Morgan fingerprint density at radius 3 is 2.83 bits per heavy atom. The Morgan fingerprint density at radius 2 is 2.17 bits per heavy atom. The van der Waals surface area contributed by atoms with Crippen molar-refractivity contribution >= 4 is 22.9 Å². The van der Waals surface area contributed by atoms with E-state index in [-0.39, 0.29) is 5.57 Å². The standard InChI is InChI=1S/C14H10N2O2/c1-9-2-4-11-6-10(3-5-13(11)16-9)7-12(8-15)14(17)18/h2-7H,1H3,(H,17,18)/b12-7-.